The van der Waals surface area contributed by atoms with Gasteiger partial charge >= 0.3 is 0 Å². The molecular weight excluding hydrogens is 334 g/mol. The van der Waals surface area contributed by atoms with E-state index in [1.54, 1.807) is 0 Å². The molecular formula is C19H35N3O4. The van der Waals surface area contributed by atoms with Crippen LogP contribution in [0.25, 0.3) is 0 Å². The summed E-state index contributed by atoms with van der Waals surface area (Å²) >= 11 is 0. The highest BCUT2D eigenvalue weighted by molar-refractivity contribution is 6.03. The van der Waals surface area contributed by atoms with Crippen molar-refractivity contribution in [1.82, 2.24) is 15.5 Å². The second-order valence-corrected chi connectivity index (χ2v) is 8.23. The molecule has 7 nitrogen and oxygen atoms in total. The van der Waals surface area contributed by atoms with E-state index in [-0.39, 0.29) is 30.2 Å². The Kier molecular flexibility index (Phi) is 8.21. The zero-order valence-corrected chi connectivity index (χ0v) is 17.1. The fraction of sp³-hybridized carbons (Fsp3) is 0.842. The van der Waals surface area contributed by atoms with E-state index in [2.05, 4.69) is 10.6 Å². The van der Waals surface area contributed by atoms with Crippen molar-refractivity contribution in [2.75, 3.05) is 33.3 Å². The molecule has 0 bridgehead atoms. The SMILES string of the molecule is CCC1CC(=O)N(CC(C)(C)OCCC(C)(C)C(=O)NCCNC)C1=O. The normalized spacial score (nSPS) is 18.5. The van der Waals surface area contributed by atoms with Gasteiger partial charge in [0.15, 0.2) is 0 Å². The first-order valence-corrected chi connectivity index (χ1v) is 9.45. The summed E-state index contributed by atoms with van der Waals surface area (Å²) < 4.78 is 5.93. The number of likely N-dealkylation sites (tertiary alicyclic amines) is 1. The molecule has 0 radical (unpaired) electrons. The van der Waals surface area contributed by atoms with Gasteiger partial charge in [0, 0.05) is 37.5 Å². The van der Waals surface area contributed by atoms with Gasteiger partial charge in [0.05, 0.1) is 12.1 Å². The van der Waals surface area contributed by atoms with Gasteiger partial charge in [-0.2, -0.15) is 0 Å². The first-order chi connectivity index (χ1) is 12.0. The van der Waals surface area contributed by atoms with Crippen LogP contribution in [0.3, 0.4) is 0 Å². The summed E-state index contributed by atoms with van der Waals surface area (Å²) in [7, 11) is 1.84. The van der Waals surface area contributed by atoms with Gasteiger partial charge < -0.3 is 15.4 Å². The number of amides is 3. The van der Waals surface area contributed by atoms with Crippen molar-refractivity contribution < 1.29 is 19.1 Å². The third kappa shape index (κ3) is 6.36. The molecule has 1 rings (SSSR count). The molecule has 1 fully saturated rings. The van der Waals surface area contributed by atoms with Gasteiger partial charge in [-0.05, 0) is 33.7 Å². The van der Waals surface area contributed by atoms with Gasteiger partial charge in [0.25, 0.3) is 0 Å². The van der Waals surface area contributed by atoms with E-state index in [1.807, 2.05) is 41.7 Å². The summed E-state index contributed by atoms with van der Waals surface area (Å²) in [4.78, 5) is 37.9. The average Bonchev–Trinajstić information content (AvgIpc) is 2.81. The van der Waals surface area contributed by atoms with Crippen molar-refractivity contribution in [2.45, 2.75) is 59.5 Å². The molecule has 2 N–H and O–H groups in total. The van der Waals surface area contributed by atoms with Gasteiger partial charge in [-0.15, -0.1) is 0 Å². The number of hydrogen-bond donors (Lipinski definition) is 2. The van der Waals surface area contributed by atoms with Crippen molar-refractivity contribution in [3.63, 3.8) is 0 Å². The molecule has 26 heavy (non-hydrogen) atoms. The molecule has 0 aromatic heterocycles. The summed E-state index contributed by atoms with van der Waals surface area (Å²) in [5.41, 5.74) is -1.19. The number of ether oxygens (including phenoxy) is 1. The Balaban J connectivity index is 2.48. The molecule has 3 amide bonds. The van der Waals surface area contributed by atoms with E-state index in [1.165, 1.54) is 4.90 Å². The van der Waals surface area contributed by atoms with E-state index >= 15 is 0 Å². The van der Waals surface area contributed by atoms with Crippen LogP contribution in [0.1, 0.15) is 53.9 Å². The number of nitrogens with one attached hydrogen (secondary N) is 2. The molecule has 150 valence electrons. The number of nitrogens with zero attached hydrogens (tertiary/aromatic N) is 1. The number of hydrogen-bond acceptors (Lipinski definition) is 5. The predicted octanol–water partition coefficient (Wildman–Crippen LogP) is 1.32. The van der Waals surface area contributed by atoms with Crippen molar-refractivity contribution in [3.8, 4) is 0 Å². The zero-order chi connectivity index (χ0) is 20.0. The Labute approximate surface area is 157 Å². The van der Waals surface area contributed by atoms with Crippen LogP contribution in [0, 0.1) is 11.3 Å². The van der Waals surface area contributed by atoms with E-state index in [9.17, 15) is 14.4 Å². The quantitative estimate of drug-likeness (QED) is 0.424. The average molecular weight is 370 g/mol. The number of imide groups is 1. The Morgan fingerprint density at radius 1 is 1.23 bits per heavy atom. The fourth-order valence-corrected chi connectivity index (χ4v) is 2.90. The first-order valence-electron chi connectivity index (χ1n) is 9.45. The number of carbonyl (C=O) groups excluding carboxylic acids is 3. The van der Waals surface area contributed by atoms with E-state index in [4.69, 9.17) is 4.74 Å². The topological polar surface area (TPSA) is 87.7 Å². The largest absolute Gasteiger partial charge is 0.374 e. The monoisotopic (exact) mass is 369 g/mol. The molecule has 0 spiro atoms. The van der Waals surface area contributed by atoms with Crippen LogP contribution in [-0.2, 0) is 19.1 Å². The molecule has 1 saturated heterocycles. The van der Waals surface area contributed by atoms with Gasteiger partial charge in [-0.1, -0.05) is 20.8 Å². The summed E-state index contributed by atoms with van der Waals surface area (Å²) in [5.74, 6) is -0.426. The standard InChI is InChI=1S/C19H35N3O4/c1-7-14-12-15(23)22(16(14)24)13-19(4,5)26-11-8-18(2,3)17(25)21-10-9-20-6/h14,20H,7-13H2,1-6H3,(H,21,25). The lowest BCUT2D eigenvalue weighted by molar-refractivity contribution is -0.145. The van der Waals surface area contributed by atoms with Crippen LogP contribution >= 0.6 is 0 Å². The van der Waals surface area contributed by atoms with E-state index < -0.39 is 11.0 Å². The molecule has 7 heteroatoms. The van der Waals surface area contributed by atoms with Crippen LogP contribution in [0.2, 0.25) is 0 Å². The Morgan fingerprint density at radius 2 is 1.88 bits per heavy atom. The number of carbonyl (C=O) groups is 3. The summed E-state index contributed by atoms with van der Waals surface area (Å²) in [5, 5.41) is 5.89. The minimum Gasteiger partial charge on any atom is -0.374 e. The number of likely N-dealkylation sites (N-methyl/N-ethyl adjacent to an activating group) is 1. The molecule has 0 aromatic rings. The summed E-state index contributed by atoms with van der Waals surface area (Å²) in [6.07, 6.45) is 1.53. The van der Waals surface area contributed by atoms with E-state index in [0.29, 0.717) is 32.4 Å². The molecule has 1 aliphatic rings. The van der Waals surface area contributed by atoms with Crippen molar-refractivity contribution in [2.24, 2.45) is 11.3 Å². The van der Waals surface area contributed by atoms with Crippen LogP contribution < -0.4 is 10.6 Å². The van der Waals surface area contributed by atoms with Crippen molar-refractivity contribution >= 4 is 17.7 Å². The third-order valence-electron chi connectivity index (χ3n) is 4.86. The van der Waals surface area contributed by atoms with Crippen LogP contribution in [0.4, 0.5) is 0 Å². The summed E-state index contributed by atoms with van der Waals surface area (Å²) in [6.45, 7) is 11.4. The van der Waals surface area contributed by atoms with Gasteiger partial charge in [-0.3, -0.25) is 19.3 Å². The second kappa shape index (κ2) is 9.46. The van der Waals surface area contributed by atoms with Crippen molar-refractivity contribution in [1.29, 1.82) is 0 Å². The van der Waals surface area contributed by atoms with Gasteiger partial charge in [0.2, 0.25) is 17.7 Å². The molecule has 0 aliphatic carbocycles. The Bertz CT molecular complexity index is 517. The minimum absolute atomic E-state index is 0.00941. The van der Waals surface area contributed by atoms with Crippen LogP contribution in [-0.4, -0.2) is 61.5 Å². The Morgan fingerprint density at radius 3 is 2.42 bits per heavy atom. The smallest absolute Gasteiger partial charge is 0.232 e. The summed E-state index contributed by atoms with van der Waals surface area (Å²) in [6, 6.07) is 0. The van der Waals surface area contributed by atoms with Gasteiger partial charge in [0.1, 0.15) is 0 Å². The molecule has 0 aromatic carbocycles. The minimum atomic E-state index is -0.646. The first kappa shape index (κ1) is 22.6. The maximum absolute atomic E-state index is 12.3. The third-order valence-corrected chi connectivity index (χ3v) is 4.86. The highest BCUT2D eigenvalue weighted by Crippen LogP contribution is 2.26. The van der Waals surface area contributed by atoms with E-state index in [0.717, 1.165) is 6.54 Å². The Hall–Kier alpha value is -1.47. The molecule has 0 saturated carbocycles. The highest BCUT2D eigenvalue weighted by Gasteiger charge is 2.40. The lowest BCUT2D eigenvalue weighted by Gasteiger charge is -2.31. The van der Waals surface area contributed by atoms with Gasteiger partial charge in [-0.25, -0.2) is 0 Å². The molecule has 1 heterocycles. The zero-order valence-electron chi connectivity index (χ0n) is 17.1. The van der Waals surface area contributed by atoms with Crippen LogP contribution in [0.15, 0.2) is 0 Å². The lowest BCUT2D eigenvalue weighted by Crippen LogP contribution is -2.45. The predicted molar refractivity (Wildman–Crippen MR) is 100 cm³/mol. The maximum atomic E-state index is 12.3. The molecule has 1 aliphatic heterocycles. The fourth-order valence-electron chi connectivity index (χ4n) is 2.90. The van der Waals surface area contributed by atoms with Crippen LogP contribution in [0.5, 0.6) is 0 Å². The maximum Gasteiger partial charge on any atom is 0.232 e. The highest BCUT2D eigenvalue weighted by atomic mass is 16.5. The molecule has 1 atom stereocenters. The second-order valence-electron chi connectivity index (χ2n) is 8.23. The number of rotatable bonds is 11. The lowest BCUT2D eigenvalue weighted by atomic mass is 9.88. The van der Waals surface area contributed by atoms with Crippen molar-refractivity contribution in [3.05, 3.63) is 0 Å². The molecule has 1 unspecified atom stereocenters.